The van der Waals surface area contributed by atoms with Gasteiger partial charge in [0.1, 0.15) is 5.82 Å². The molecule has 2 aliphatic heterocycles. The second-order valence-corrected chi connectivity index (χ2v) is 7.02. The molecule has 1 saturated heterocycles. The van der Waals surface area contributed by atoms with Gasteiger partial charge in [-0.05, 0) is 30.3 Å². The van der Waals surface area contributed by atoms with Gasteiger partial charge in [-0.2, -0.15) is 13.2 Å². The fraction of sp³-hybridized carbons (Fsp3) is 0.350. The first-order valence-electron chi connectivity index (χ1n) is 9.55. The smallest absolute Gasteiger partial charge is 0.417 e. The van der Waals surface area contributed by atoms with E-state index in [0.717, 1.165) is 12.3 Å². The van der Waals surface area contributed by atoms with Crippen molar-refractivity contribution in [3.8, 4) is 11.5 Å². The number of carbonyl (C=O) groups is 2. The predicted octanol–water partition coefficient (Wildman–Crippen LogP) is 1.91. The Labute approximate surface area is 175 Å². The number of aromatic nitrogens is 1. The zero-order valence-corrected chi connectivity index (χ0v) is 16.3. The summed E-state index contributed by atoms with van der Waals surface area (Å²) >= 11 is 0. The van der Waals surface area contributed by atoms with Crippen LogP contribution in [0.1, 0.15) is 15.9 Å². The highest BCUT2D eigenvalue weighted by molar-refractivity contribution is 5.97. The van der Waals surface area contributed by atoms with Crippen LogP contribution < -0.4 is 19.7 Å². The van der Waals surface area contributed by atoms with E-state index in [-0.39, 0.29) is 19.2 Å². The lowest BCUT2D eigenvalue weighted by atomic mass is 10.2. The van der Waals surface area contributed by atoms with Crippen molar-refractivity contribution in [1.29, 1.82) is 0 Å². The van der Waals surface area contributed by atoms with Gasteiger partial charge in [0.2, 0.25) is 12.7 Å². The maximum Gasteiger partial charge on any atom is 0.417 e. The van der Waals surface area contributed by atoms with Crippen molar-refractivity contribution in [2.75, 3.05) is 44.4 Å². The Morgan fingerprint density at radius 2 is 1.77 bits per heavy atom. The number of anilines is 1. The number of pyridine rings is 1. The number of halogens is 3. The van der Waals surface area contributed by atoms with Crippen LogP contribution in [0.25, 0.3) is 0 Å². The Morgan fingerprint density at radius 3 is 2.45 bits per heavy atom. The van der Waals surface area contributed by atoms with Crippen molar-refractivity contribution in [3.63, 3.8) is 0 Å². The number of alkyl halides is 3. The van der Waals surface area contributed by atoms with E-state index < -0.39 is 17.6 Å². The molecule has 1 aromatic heterocycles. The molecule has 2 amide bonds. The number of ether oxygens (including phenoxy) is 2. The largest absolute Gasteiger partial charge is 0.454 e. The molecule has 3 heterocycles. The minimum Gasteiger partial charge on any atom is -0.454 e. The summed E-state index contributed by atoms with van der Waals surface area (Å²) in [6, 6.07) is 7.09. The number of rotatable bonds is 4. The topological polar surface area (TPSA) is 84.0 Å². The molecular formula is C20H19F3N4O4. The highest BCUT2D eigenvalue weighted by Crippen LogP contribution is 2.32. The van der Waals surface area contributed by atoms with E-state index >= 15 is 0 Å². The Morgan fingerprint density at radius 1 is 1.03 bits per heavy atom. The third kappa shape index (κ3) is 4.65. The standard InChI is InChI=1S/C20H19F3N4O4/c21-20(22,23)14-2-4-17(24-10-14)26-5-7-27(8-6-26)18(28)11-25-19(29)13-1-3-15-16(9-13)31-12-30-15/h1-4,9-10H,5-8,11-12H2,(H,25,29). The van der Waals surface area contributed by atoms with E-state index in [1.54, 1.807) is 23.1 Å². The van der Waals surface area contributed by atoms with Crippen LogP contribution in [0.15, 0.2) is 36.5 Å². The number of piperazine rings is 1. The van der Waals surface area contributed by atoms with Gasteiger partial charge in [-0.1, -0.05) is 0 Å². The van der Waals surface area contributed by atoms with E-state index in [1.807, 2.05) is 4.90 Å². The van der Waals surface area contributed by atoms with E-state index in [1.165, 1.54) is 6.07 Å². The third-order valence-corrected chi connectivity index (χ3v) is 5.07. The number of hydrogen-bond donors (Lipinski definition) is 1. The summed E-state index contributed by atoms with van der Waals surface area (Å²) in [6.07, 6.45) is -3.62. The summed E-state index contributed by atoms with van der Waals surface area (Å²) in [7, 11) is 0. The summed E-state index contributed by atoms with van der Waals surface area (Å²) in [6.45, 7) is 1.56. The lowest BCUT2D eigenvalue weighted by Gasteiger charge is -2.35. The van der Waals surface area contributed by atoms with Crippen molar-refractivity contribution < 1.29 is 32.2 Å². The summed E-state index contributed by atoms with van der Waals surface area (Å²) in [5.41, 5.74) is -0.446. The number of nitrogens with zero attached hydrogens (tertiary/aromatic N) is 3. The maximum absolute atomic E-state index is 12.7. The van der Waals surface area contributed by atoms with E-state index in [4.69, 9.17) is 9.47 Å². The highest BCUT2D eigenvalue weighted by atomic mass is 19.4. The Bertz CT molecular complexity index is 973. The first-order valence-corrected chi connectivity index (χ1v) is 9.55. The summed E-state index contributed by atoms with van der Waals surface area (Å²) in [5.74, 6) is 0.824. The SMILES string of the molecule is O=C(NCC(=O)N1CCN(c2ccc(C(F)(F)F)cn2)CC1)c1ccc2c(c1)OCO2. The zero-order valence-electron chi connectivity index (χ0n) is 16.3. The second-order valence-electron chi connectivity index (χ2n) is 7.02. The first kappa shape index (κ1) is 20.8. The molecule has 1 fully saturated rings. The van der Waals surface area contributed by atoms with Gasteiger partial charge in [0.15, 0.2) is 11.5 Å². The normalized spacial score (nSPS) is 15.7. The van der Waals surface area contributed by atoms with Gasteiger partial charge in [0.25, 0.3) is 5.91 Å². The van der Waals surface area contributed by atoms with Crippen LogP contribution in [-0.2, 0) is 11.0 Å². The molecule has 0 atom stereocenters. The lowest BCUT2D eigenvalue weighted by Crippen LogP contribution is -2.51. The second kappa shape index (κ2) is 8.32. The highest BCUT2D eigenvalue weighted by Gasteiger charge is 2.31. The summed E-state index contributed by atoms with van der Waals surface area (Å²) < 4.78 is 48.4. The predicted molar refractivity (Wildman–Crippen MR) is 103 cm³/mol. The van der Waals surface area contributed by atoms with E-state index in [2.05, 4.69) is 10.3 Å². The first-order chi connectivity index (χ1) is 14.8. The van der Waals surface area contributed by atoms with Crippen molar-refractivity contribution in [2.24, 2.45) is 0 Å². The molecule has 31 heavy (non-hydrogen) atoms. The quantitative estimate of drug-likeness (QED) is 0.789. The van der Waals surface area contributed by atoms with Crippen molar-refractivity contribution in [1.82, 2.24) is 15.2 Å². The van der Waals surface area contributed by atoms with Gasteiger partial charge in [0, 0.05) is 37.9 Å². The van der Waals surface area contributed by atoms with Crippen LogP contribution >= 0.6 is 0 Å². The Balaban J connectivity index is 1.26. The zero-order chi connectivity index (χ0) is 22.0. The fourth-order valence-corrected chi connectivity index (χ4v) is 3.33. The average Bonchev–Trinajstić information content (AvgIpc) is 3.25. The number of nitrogens with one attached hydrogen (secondary N) is 1. The number of carbonyl (C=O) groups excluding carboxylic acids is 2. The Kier molecular flexibility index (Phi) is 5.57. The molecule has 0 saturated carbocycles. The van der Waals surface area contributed by atoms with Gasteiger partial charge in [-0.25, -0.2) is 4.98 Å². The molecule has 1 N–H and O–H groups in total. The number of amides is 2. The summed E-state index contributed by atoms with van der Waals surface area (Å²) in [5, 5.41) is 2.59. The van der Waals surface area contributed by atoms with Crippen molar-refractivity contribution in [2.45, 2.75) is 6.18 Å². The number of benzene rings is 1. The third-order valence-electron chi connectivity index (χ3n) is 5.07. The molecule has 0 unspecified atom stereocenters. The molecule has 2 aliphatic rings. The minimum atomic E-state index is -4.43. The van der Waals surface area contributed by atoms with Crippen LogP contribution in [0, 0.1) is 0 Å². The summed E-state index contributed by atoms with van der Waals surface area (Å²) in [4.78, 5) is 32.0. The van der Waals surface area contributed by atoms with Crippen LogP contribution in [0.4, 0.5) is 19.0 Å². The maximum atomic E-state index is 12.7. The van der Waals surface area contributed by atoms with E-state index in [0.29, 0.717) is 49.1 Å². The molecule has 2 aromatic rings. The molecule has 0 spiro atoms. The number of fused-ring (bicyclic) bond motifs is 1. The molecule has 11 heteroatoms. The van der Waals surface area contributed by atoms with Crippen LogP contribution in [-0.4, -0.2) is 61.2 Å². The Hall–Kier alpha value is -3.50. The monoisotopic (exact) mass is 436 g/mol. The molecule has 0 aliphatic carbocycles. The van der Waals surface area contributed by atoms with Gasteiger partial charge < -0.3 is 24.6 Å². The van der Waals surface area contributed by atoms with Crippen LogP contribution in [0.3, 0.4) is 0 Å². The average molecular weight is 436 g/mol. The molecular weight excluding hydrogens is 417 g/mol. The van der Waals surface area contributed by atoms with Gasteiger partial charge in [0.05, 0.1) is 12.1 Å². The van der Waals surface area contributed by atoms with Crippen LogP contribution in [0.2, 0.25) is 0 Å². The van der Waals surface area contributed by atoms with Crippen molar-refractivity contribution in [3.05, 3.63) is 47.7 Å². The van der Waals surface area contributed by atoms with Gasteiger partial charge >= 0.3 is 6.18 Å². The van der Waals surface area contributed by atoms with Gasteiger partial charge in [-0.15, -0.1) is 0 Å². The van der Waals surface area contributed by atoms with Crippen LogP contribution in [0.5, 0.6) is 11.5 Å². The molecule has 8 nitrogen and oxygen atoms in total. The molecule has 164 valence electrons. The van der Waals surface area contributed by atoms with Crippen molar-refractivity contribution >= 4 is 17.6 Å². The minimum absolute atomic E-state index is 0.104. The molecule has 4 rings (SSSR count). The van der Waals surface area contributed by atoms with Gasteiger partial charge in [-0.3, -0.25) is 9.59 Å². The molecule has 0 bridgehead atoms. The lowest BCUT2D eigenvalue weighted by molar-refractivity contribution is -0.137. The fourth-order valence-electron chi connectivity index (χ4n) is 3.33. The molecule has 0 radical (unpaired) electrons. The number of hydrogen-bond acceptors (Lipinski definition) is 6. The molecule has 1 aromatic carbocycles. The van der Waals surface area contributed by atoms with E-state index in [9.17, 15) is 22.8 Å².